The fourth-order valence-electron chi connectivity index (χ4n) is 5.60. The number of amides is 1. The molecule has 1 aromatic carbocycles. The summed E-state index contributed by atoms with van der Waals surface area (Å²) in [7, 11) is 0. The minimum Gasteiger partial charge on any atom is -0.381 e. The number of hydrogen-bond acceptors (Lipinski definition) is 3. The van der Waals surface area contributed by atoms with Gasteiger partial charge in [0.15, 0.2) is 0 Å². The fraction of sp³-hybridized carbons (Fsp3) is 0.708. The summed E-state index contributed by atoms with van der Waals surface area (Å²) in [4.78, 5) is 15.6. The second-order valence-corrected chi connectivity index (χ2v) is 9.76. The van der Waals surface area contributed by atoms with Crippen LogP contribution in [0.4, 0.5) is 13.2 Å². The summed E-state index contributed by atoms with van der Waals surface area (Å²) in [6.07, 6.45) is 0.840. The van der Waals surface area contributed by atoms with Crippen molar-refractivity contribution in [3.05, 3.63) is 34.9 Å². The zero-order valence-corrected chi connectivity index (χ0v) is 18.4. The molecular weight excluding hydrogens is 405 g/mol. The third-order valence-corrected chi connectivity index (χ3v) is 7.61. The Labute approximate surface area is 182 Å². The normalized spacial score (nSPS) is 27.5. The number of nitrogens with one attached hydrogen (secondary N) is 1. The molecule has 2 aliphatic heterocycles. The predicted octanol–water partition coefficient (Wildman–Crippen LogP) is 4.55. The molecule has 1 amide bonds. The topological polar surface area (TPSA) is 41.6 Å². The van der Waals surface area contributed by atoms with Crippen molar-refractivity contribution in [2.24, 2.45) is 11.3 Å². The number of carbonyl (C=O) groups excluding carboxylic acids is 1. The first kappa shape index (κ1) is 22.6. The molecule has 2 heterocycles. The van der Waals surface area contributed by atoms with Gasteiger partial charge in [0, 0.05) is 38.4 Å². The second kappa shape index (κ2) is 8.74. The molecule has 4 nitrogen and oxygen atoms in total. The number of nitrogens with zero attached hydrogens (tertiary/aromatic N) is 1. The van der Waals surface area contributed by atoms with E-state index in [-0.39, 0.29) is 18.4 Å². The highest BCUT2D eigenvalue weighted by Gasteiger charge is 2.49. The van der Waals surface area contributed by atoms with Crippen LogP contribution >= 0.6 is 0 Å². The minimum atomic E-state index is -4.37. The summed E-state index contributed by atoms with van der Waals surface area (Å²) < 4.78 is 44.9. The molecule has 0 unspecified atom stereocenters. The average Bonchev–Trinajstić information content (AvgIpc) is 3.17. The molecule has 0 aromatic heterocycles. The fourth-order valence-corrected chi connectivity index (χ4v) is 5.60. The number of rotatable bonds is 4. The minimum absolute atomic E-state index is 0.113. The molecular formula is C24H33F3N2O2. The molecule has 4 rings (SSSR count). The van der Waals surface area contributed by atoms with E-state index in [1.54, 1.807) is 11.0 Å². The maximum absolute atomic E-state index is 13.7. The molecule has 1 aromatic rings. The number of ether oxygens (including phenoxy) is 1. The maximum atomic E-state index is 13.7. The molecule has 31 heavy (non-hydrogen) atoms. The van der Waals surface area contributed by atoms with Crippen LogP contribution in [0.2, 0.25) is 0 Å². The van der Waals surface area contributed by atoms with E-state index in [0.717, 1.165) is 56.9 Å². The first-order valence-corrected chi connectivity index (χ1v) is 11.5. The number of fused-ring (bicyclic) bond motifs is 1. The zero-order valence-electron chi connectivity index (χ0n) is 18.4. The Hall–Kier alpha value is -1.60. The predicted molar refractivity (Wildman–Crippen MR) is 112 cm³/mol. The standard InChI is InChI=1S/C24H33F3N2O2/c1-16(2)23(9-5-21(14-23)28-20-7-11-31-12-8-20)22(30)29-10-6-17-3-4-19(24(25,26)27)13-18(17)15-29/h3-4,13,16,20-21,28H,5-12,14-15H2,1-2H3/t21-,23+/m1/s1. The number of hydrogen-bond donors (Lipinski definition) is 1. The van der Waals surface area contributed by atoms with E-state index in [4.69, 9.17) is 4.74 Å². The molecule has 1 N–H and O–H groups in total. The van der Waals surface area contributed by atoms with Gasteiger partial charge in [-0.1, -0.05) is 19.9 Å². The van der Waals surface area contributed by atoms with Crippen molar-refractivity contribution in [3.8, 4) is 0 Å². The second-order valence-electron chi connectivity index (χ2n) is 9.76. The molecule has 1 saturated heterocycles. The summed E-state index contributed by atoms with van der Waals surface area (Å²) in [6.45, 7) is 6.62. The number of alkyl halides is 3. The van der Waals surface area contributed by atoms with Crippen LogP contribution in [0.15, 0.2) is 18.2 Å². The molecule has 0 spiro atoms. The van der Waals surface area contributed by atoms with Crippen molar-refractivity contribution in [2.45, 2.75) is 77.2 Å². The number of halogens is 3. The molecule has 0 radical (unpaired) electrons. The van der Waals surface area contributed by atoms with Gasteiger partial charge < -0.3 is 15.0 Å². The van der Waals surface area contributed by atoms with Crippen molar-refractivity contribution in [1.29, 1.82) is 0 Å². The van der Waals surface area contributed by atoms with Crippen LogP contribution in [0, 0.1) is 11.3 Å². The van der Waals surface area contributed by atoms with Crippen LogP contribution in [0.3, 0.4) is 0 Å². The van der Waals surface area contributed by atoms with Gasteiger partial charge in [0.1, 0.15) is 0 Å². The third kappa shape index (κ3) is 4.63. The van der Waals surface area contributed by atoms with Crippen LogP contribution in [0.25, 0.3) is 0 Å². The third-order valence-electron chi connectivity index (χ3n) is 7.61. The van der Waals surface area contributed by atoms with Gasteiger partial charge in [-0.15, -0.1) is 0 Å². The Bertz CT molecular complexity index is 805. The SMILES string of the molecule is CC(C)[C@]1(C(=O)N2CCc3ccc(C(F)(F)F)cc3C2)CC[C@@H](NC2CCOCC2)C1. The van der Waals surface area contributed by atoms with Gasteiger partial charge in [0.2, 0.25) is 5.91 Å². The van der Waals surface area contributed by atoms with Gasteiger partial charge >= 0.3 is 6.18 Å². The number of carbonyl (C=O) groups is 1. The summed E-state index contributed by atoms with van der Waals surface area (Å²) in [5.41, 5.74) is 0.465. The van der Waals surface area contributed by atoms with E-state index < -0.39 is 17.2 Å². The monoisotopic (exact) mass is 438 g/mol. The molecule has 1 saturated carbocycles. The van der Waals surface area contributed by atoms with Gasteiger partial charge in [-0.05, 0) is 67.7 Å². The van der Waals surface area contributed by atoms with Crippen LogP contribution < -0.4 is 5.32 Å². The maximum Gasteiger partial charge on any atom is 0.416 e. The Kier molecular flexibility index (Phi) is 6.37. The van der Waals surface area contributed by atoms with E-state index in [1.165, 1.54) is 6.07 Å². The van der Waals surface area contributed by atoms with E-state index in [0.29, 0.717) is 30.6 Å². The Morgan fingerprint density at radius 2 is 1.90 bits per heavy atom. The highest BCUT2D eigenvalue weighted by atomic mass is 19.4. The first-order valence-electron chi connectivity index (χ1n) is 11.5. The van der Waals surface area contributed by atoms with Crippen molar-refractivity contribution in [2.75, 3.05) is 19.8 Å². The average molecular weight is 439 g/mol. The largest absolute Gasteiger partial charge is 0.416 e. The first-order chi connectivity index (χ1) is 14.7. The Balaban J connectivity index is 1.48. The molecule has 2 fully saturated rings. The Morgan fingerprint density at radius 3 is 2.58 bits per heavy atom. The van der Waals surface area contributed by atoms with Crippen LogP contribution in [-0.4, -0.2) is 42.6 Å². The summed E-state index contributed by atoms with van der Waals surface area (Å²) in [6, 6.07) is 4.70. The lowest BCUT2D eigenvalue weighted by Gasteiger charge is -2.40. The van der Waals surface area contributed by atoms with Crippen LogP contribution in [0.5, 0.6) is 0 Å². The summed E-state index contributed by atoms with van der Waals surface area (Å²) in [5.74, 6) is 0.297. The van der Waals surface area contributed by atoms with E-state index in [1.807, 2.05) is 0 Å². The molecule has 7 heteroatoms. The van der Waals surface area contributed by atoms with Gasteiger partial charge in [0.05, 0.1) is 11.0 Å². The molecule has 0 bridgehead atoms. The molecule has 172 valence electrons. The van der Waals surface area contributed by atoms with E-state index >= 15 is 0 Å². The van der Waals surface area contributed by atoms with Crippen molar-refractivity contribution in [3.63, 3.8) is 0 Å². The molecule has 1 aliphatic carbocycles. The quantitative estimate of drug-likeness (QED) is 0.750. The lowest BCUT2D eigenvalue weighted by atomic mass is 9.73. The summed E-state index contributed by atoms with van der Waals surface area (Å²) >= 11 is 0. The molecule has 2 atom stereocenters. The number of benzene rings is 1. The molecule has 3 aliphatic rings. The van der Waals surface area contributed by atoms with Gasteiger partial charge in [0.25, 0.3) is 0 Å². The Morgan fingerprint density at radius 1 is 1.16 bits per heavy atom. The van der Waals surface area contributed by atoms with Gasteiger partial charge in [-0.2, -0.15) is 13.2 Å². The highest BCUT2D eigenvalue weighted by molar-refractivity contribution is 5.84. The lowest BCUT2D eigenvalue weighted by molar-refractivity contribution is -0.145. The summed E-state index contributed by atoms with van der Waals surface area (Å²) in [5, 5.41) is 3.75. The van der Waals surface area contributed by atoms with E-state index in [9.17, 15) is 18.0 Å². The van der Waals surface area contributed by atoms with E-state index in [2.05, 4.69) is 19.2 Å². The highest BCUT2D eigenvalue weighted by Crippen LogP contribution is 2.47. The van der Waals surface area contributed by atoms with Crippen LogP contribution in [-0.2, 0) is 28.7 Å². The van der Waals surface area contributed by atoms with Crippen molar-refractivity contribution >= 4 is 5.91 Å². The van der Waals surface area contributed by atoms with Gasteiger partial charge in [-0.3, -0.25) is 4.79 Å². The van der Waals surface area contributed by atoms with Crippen LogP contribution in [0.1, 0.15) is 62.6 Å². The smallest absolute Gasteiger partial charge is 0.381 e. The van der Waals surface area contributed by atoms with Gasteiger partial charge in [-0.25, -0.2) is 0 Å². The lowest BCUT2D eigenvalue weighted by Crippen LogP contribution is -2.49. The van der Waals surface area contributed by atoms with Crippen molar-refractivity contribution < 1.29 is 22.7 Å². The zero-order chi connectivity index (χ0) is 22.2. The van der Waals surface area contributed by atoms with Crippen molar-refractivity contribution in [1.82, 2.24) is 10.2 Å².